The number of ether oxygens (including phenoxy) is 1. The molecule has 0 aromatic heterocycles. The molecule has 16 heavy (non-hydrogen) atoms. The van der Waals surface area contributed by atoms with Crippen molar-refractivity contribution >= 4 is 11.9 Å². The van der Waals surface area contributed by atoms with Crippen molar-refractivity contribution in [1.29, 1.82) is 0 Å². The number of rotatable bonds is 2. The predicted octanol–water partition coefficient (Wildman–Crippen LogP) is 0.915. The minimum absolute atomic E-state index is 0.351. The Hall–Kier alpha value is -2.04. The molecule has 0 saturated carbocycles. The van der Waals surface area contributed by atoms with Gasteiger partial charge in [0.15, 0.2) is 0 Å². The summed E-state index contributed by atoms with van der Waals surface area (Å²) in [7, 11) is 2.98. The van der Waals surface area contributed by atoms with E-state index in [1.165, 1.54) is 19.0 Å². The Bertz CT molecular complexity index is 418. The lowest BCUT2D eigenvalue weighted by atomic mass is 10.3. The fourth-order valence-electron chi connectivity index (χ4n) is 1.52. The van der Waals surface area contributed by atoms with Crippen LogP contribution in [0.3, 0.4) is 0 Å². The zero-order chi connectivity index (χ0) is 11.7. The number of imide groups is 1. The van der Waals surface area contributed by atoms with E-state index in [0.29, 0.717) is 5.75 Å². The van der Waals surface area contributed by atoms with Gasteiger partial charge in [-0.1, -0.05) is 18.2 Å². The van der Waals surface area contributed by atoms with Gasteiger partial charge in [-0.3, -0.25) is 14.6 Å². The molecule has 5 heteroatoms. The van der Waals surface area contributed by atoms with Crippen LogP contribution >= 0.6 is 0 Å². The Kier molecular flexibility index (Phi) is 2.52. The average Bonchev–Trinajstić information content (AvgIpc) is 2.48. The second kappa shape index (κ2) is 3.84. The van der Waals surface area contributed by atoms with E-state index in [1.54, 1.807) is 24.3 Å². The molecule has 1 aliphatic rings. The topological polar surface area (TPSA) is 49.9 Å². The van der Waals surface area contributed by atoms with Crippen LogP contribution in [0.2, 0.25) is 0 Å². The second-order valence-corrected chi connectivity index (χ2v) is 3.57. The Labute approximate surface area is 93.2 Å². The molecule has 5 nitrogen and oxygen atoms in total. The summed E-state index contributed by atoms with van der Waals surface area (Å²) in [4.78, 5) is 25.5. The fraction of sp³-hybridized carbons (Fsp3) is 0.273. The third-order valence-corrected chi connectivity index (χ3v) is 2.47. The van der Waals surface area contributed by atoms with E-state index in [4.69, 9.17) is 4.74 Å². The first-order chi connectivity index (χ1) is 7.61. The number of hydrogen-bond donors (Lipinski definition) is 0. The molecule has 1 saturated heterocycles. The minimum atomic E-state index is -0.861. The molecule has 3 amide bonds. The molecular weight excluding hydrogens is 208 g/mol. The van der Waals surface area contributed by atoms with Crippen LogP contribution in [-0.2, 0) is 4.79 Å². The number of benzene rings is 1. The van der Waals surface area contributed by atoms with Gasteiger partial charge in [-0.2, -0.15) is 0 Å². The average molecular weight is 220 g/mol. The SMILES string of the molecule is CN1C(=O)C(Oc2ccccc2)N(C)C1=O. The smallest absolute Gasteiger partial charge is 0.329 e. The number of urea groups is 1. The maximum Gasteiger partial charge on any atom is 0.329 e. The number of carbonyl (C=O) groups is 2. The van der Waals surface area contributed by atoms with E-state index >= 15 is 0 Å². The third-order valence-electron chi connectivity index (χ3n) is 2.47. The first-order valence-electron chi connectivity index (χ1n) is 4.87. The van der Waals surface area contributed by atoms with Crippen LogP contribution in [0, 0.1) is 0 Å². The zero-order valence-corrected chi connectivity index (χ0v) is 9.08. The van der Waals surface area contributed by atoms with Crippen molar-refractivity contribution in [3.63, 3.8) is 0 Å². The Balaban J connectivity index is 2.17. The summed E-state index contributed by atoms with van der Waals surface area (Å²) in [5, 5.41) is 0. The lowest BCUT2D eigenvalue weighted by molar-refractivity contribution is -0.133. The van der Waals surface area contributed by atoms with Crippen LogP contribution in [0.4, 0.5) is 4.79 Å². The molecule has 0 bridgehead atoms. The van der Waals surface area contributed by atoms with Crippen LogP contribution in [0.5, 0.6) is 5.75 Å². The van der Waals surface area contributed by atoms with Gasteiger partial charge in [0.2, 0.25) is 0 Å². The van der Waals surface area contributed by atoms with Gasteiger partial charge >= 0.3 is 6.03 Å². The van der Waals surface area contributed by atoms with E-state index < -0.39 is 6.23 Å². The number of nitrogens with zero attached hydrogens (tertiary/aromatic N) is 2. The molecule has 1 aliphatic heterocycles. The predicted molar refractivity (Wildman–Crippen MR) is 56.8 cm³/mol. The molecule has 0 radical (unpaired) electrons. The van der Waals surface area contributed by atoms with Crippen molar-refractivity contribution in [2.75, 3.05) is 14.1 Å². The van der Waals surface area contributed by atoms with Gasteiger partial charge in [0.05, 0.1) is 0 Å². The van der Waals surface area contributed by atoms with Crippen molar-refractivity contribution in [2.24, 2.45) is 0 Å². The molecule has 1 heterocycles. The highest BCUT2D eigenvalue weighted by molar-refractivity contribution is 6.03. The van der Waals surface area contributed by atoms with Gasteiger partial charge in [0.25, 0.3) is 12.1 Å². The molecule has 0 N–H and O–H groups in total. The normalized spacial score (nSPS) is 20.5. The van der Waals surface area contributed by atoms with Gasteiger partial charge < -0.3 is 4.74 Å². The highest BCUT2D eigenvalue weighted by Gasteiger charge is 2.42. The standard InChI is InChI=1S/C11H12N2O3/c1-12-9(14)10(13(2)11(12)15)16-8-6-4-3-5-7-8/h3-7,10H,1-2H3. The molecule has 1 aromatic carbocycles. The van der Waals surface area contributed by atoms with Crippen LogP contribution in [0.1, 0.15) is 0 Å². The third kappa shape index (κ3) is 1.60. The monoisotopic (exact) mass is 220 g/mol. The van der Waals surface area contributed by atoms with Crippen LogP contribution < -0.4 is 4.74 Å². The molecule has 1 atom stereocenters. The number of para-hydroxylation sites is 1. The van der Waals surface area contributed by atoms with Gasteiger partial charge in [0.1, 0.15) is 5.75 Å². The summed E-state index contributed by atoms with van der Waals surface area (Å²) >= 11 is 0. The summed E-state index contributed by atoms with van der Waals surface area (Å²) in [5.41, 5.74) is 0. The van der Waals surface area contributed by atoms with E-state index in [0.717, 1.165) is 4.90 Å². The summed E-state index contributed by atoms with van der Waals surface area (Å²) in [6.45, 7) is 0. The molecular formula is C11H12N2O3. The first kappa shape index (κ1) is 10.5. The molecule has 1 aromatic rings. The second-order valence-electron chi connectivity index (χ2n) is 3.57. The van der Waals surface area contributed by atoms with Gasteiger partial charge in [-0.05, 0) is 12.1 Å². The number of carbonyl (C=O) groups excluding carboxylic acids is 2. The van der Waals surface area contributed by atoms with Crippen molar-refractivity contribution in [1.82, 2.24) is 9.80 Å². The lowest BCUT2D eigenvalue weighted by Gasteiger charge is -2.17. The Morgan fingerprint density at radius 1 is 1.12 bits per heavy atom. The van der Waals surface area contributed by atoms with Gasteiger partial charge in [0, 0.05) is 14.1 Å². The number of amides is 3. The fourth-order valence-corrected chi connectivity index (χ4v) is 1.52. The molecule has 2 rings (SSSR count). The summed E-state index contributed by atoms with van der Waals surface area (Å²) in [5.74, 6) is 0.215. The highest BCUT2D eigenvalue weighted by atomic mass is 16.5. The van der Waals surface area contributed by atoms with Crippen molar-refractivity contribution in [2.45, 2.75) is 6.23 Å². The van der Waals surface area contributed by atoms with Crippen LogP contribution in [0.15, 0.2) is 30.3 Å². The lowest BCUT2D eigenvalue weighted by Crippen LogP contribution is -2.36. The zero-order valence-electron chi connectivity index (χ0n) is 9.08. The number of likely N-dealkylation sites (N-methyl/N-ethyl adjacent to an activating group) is 2. The van der Waals surface area contributed by atoms with Crippen molar-refractivity contribution in [3.05, 3.63) is 30.3 Å². The largest absolute Gasteiger partial charge is 0.461 e. The van der Waals surface area contributed by atoms with Crippen molar-refractivity contribution in [3.8, 4) is 5.75 Å². The van der Waals surface area contributed by atoms with Crippen molar-refractivity contribution < 1.29 is 14.3 Å². The summed E-state index contributed by atoms with van der Waals surface area (Å²) < 4.78 is 5.45. The van der Waals surface area contributed by atoms with E-state index in [9.17, 15) is 9.59 Å². The van der Waals surface area contributed by atoms with Crippen LogP contribution in [-0.4, -0.2) is 42.1 Å². The molecule has 84 valence electrons. The molecule has 1 unspecified atom stereocenters. The summed E-state index contributed by atoms with van der Waals surface area (Å²) in [6.07, 6.45) is -0.861. The van der Waals surface area contributed by atoms with Gasteiger partial charge in [-0.15, -0.1) is 0 Å². The maximum absolute atomic E-state index is 11.7. The Morgan fingerprint density at radius 2 is 1.75 bits per heavy atom. The summed E-state index contributed by atoms with van der Waals surface area (Å²) in [6, 6.07) is 8.59. The Morgan fingerprint density at radius 3 is 2.25 bits per heavy atom. The minimum Gasteiger partial charge on any atom is -0.461 e. The molecule has 0 aliphatic carbocycles. The van der Waals surface area contributed by atoms with E-state index in [1.807, 2.05) is 6.07 Å². The van der Waals surface area contributed by atoms with Crippen LogP contribution in [0.25, 0.3) is 0 Å². The maximum atomic E-state index is 11.7. The number of hydrogen-bond acceptors (Lipinski definition) is 3. The van der Waals surface area contributed by atoms with Gasteiger partial charge in [-0.25, -0.2) is 4.79 Å². The quantitative estimate of drug-likeness (QED) is 0.696. The molecule has 0 spiro atoms. The molecule has 1 fully saturated rings. The van der Waals surface area contributed by atoms with E-state index in [2.05, 4.69) is 0 Å². The van der Waals surface area contributed by atoms with E-state index in [-0.39, 0.29) is 11.9 Å². The highest BCUT2D eigenvalue weighted by Crippen LogP contribution is 2.18. The first-order valence-corrected chi connectivity index (χ1v) is 4.87.